The number of hydrogen-bond donors (Lipinski definition) is 1. The van der Waals surface area contributed by atoms with Crippen molar-refractivity contribution in [1.29, 1.82) is 0 Å². The Kier molecular flexibility index (Phi) is 2.83. The Labute approximate surface area is 91.1 Å². The van der Waals surface area contributed by atoms with Crippen LogP contribution in [0.15, 0.2) is 0 Å². The highest BCUT2D eigenvalue weighted by Gasteiger charge is 2.29. The van der Waals surface area contributed by atoms with Crippen LogP contribution >= 0.6 is 0 Å². The molecule has 3 nitrogen and oxygen atoms in total. The zero-order valence-corrected chi connectivity index (χ0v) is 9.82. The summed E-state index contributed by atoms with van der Waals surface area (Å²) in [5.41, 5.74) is 3.70. The second kappa shape index (κ2) is 3.97. The maximum atomic E-state index is 9.88. The molecular formula is C12H20N2O. The van der Waals surface area contributed by atoms with Crippen LogP contribution < -0.4 is 0 Å². The predicted octanol–water partition coefficient (Wildman–Crippen LogP) is 2.15. The molecule has 2 atom stereocenters. The van der Waals surface area contributed by atoms with Crippen LogP contribution in [0.5, 0.6) is 0 Å². The first-order valence-corrected chi connectivity index (χ1v) is 5.87. The summed E-state index contributed by atoms with van der Waals surface area (Å²) < 4.78 is 2.05. The maximum absolute atomic E-state index is 9.88. The average molecular weight is 208 g/mol. The summed E-state index contributed by atoms with van der Waals surface area (Å²) in [6.45, 7) is 6.33. The largest absolute Gasteiger partial charge is 0.391 e. The summed E-state index contributed by atoms with van der Waals surface area (Å²) in [4.78, 5) is 0. The van der Waals surface area contributed by atoms with Gasteiger partial charge < -0.3 is 5.11 Å². The normalized spacial score (nSPS) is 26.1. The lowest BCUT2D eigenvalue weighted by Gasteiger charge is -2.17. The molecule has 1 aliphatic rings. The van der Waals surface area contributed by atoms with Gasteiger partial charge in [0, 0.05) is 5.69 Å². The molecule has 1 aliphatic carbocycles. The van der Waals surface area contributed by atoms with Gasteiger partial charge in [-0.25, -0.2) is 0 Å². The first-order valence-electron chi connectivity index (χ1n) is 5.87. The molecule has 0 amide bonds. The van der Waals surface area contributed by atoms with E-state index in [1.54, 1.807) is 0 Å². The minimum absolute atomic E-state index is 0.201. The molecule has 0 saturated heterocycles. The summed E-state index contributed by atoms with van der Waals surface area (Å²) in [7, 11) is 0. The zero-order valence-electron chi connectivity index (χ0n) is 9.82. The molecular weight excluding hydrogens is 188 g/mol. The Bertz CT molecular complexity index is 357. The summed E-state index contributed by atoms with van der Waals surface area (Å²) in [6, 6.07) is 0.212. The fourth-order valence-electron chi connectivity index (χ4n) is 2.74. The van der Waals surface area contributed by atoms with Crippen molar-refractivity contribution in [3.05, 3.63) is 17.0 Å². The van der Waals surface area contributed by atoms with E-state index in [0.717, 1.165) is 31.4 Å². The summed E-state index contributed by atoms with van der Waals surface area (Å²) in [5.74, 6) is 0. The number of aryl methyl sites for hydroxylation is 1. The van der Waals surface area contributed by atoms with Crippen LogP contribution in [0.4, 0.5) is 0 Å². The summed E-state index contributed by atoms with van der Waals surface area (Å²) in [5, 5.41) is 14.4. The van der Waals surface area contributed by atoms with Gasteiger partial charge in [-0.3, -0.25) is 4.68 Å². The first kappa shape index (κ1) is 10.7. The van der Waals surface area contributed by atoms with Crippen molar-refractivity contribution < 1.29 is 5.11 Å². The SMILES string of the molecule is CCc1c(C)nn([C@H]2CCC[C@@H]2O)c1C. The monoisotopic (exact) mass is 208 g/mol. The van der Waals surface area contributed by atoms with Crippen molar-refractivity contribution in [3.63, 3.8) is 0 Å². The first-order chi connectivity index (χ1) is 7.15. The highest BCUT2D eigenvalue weighted by molar-refractivity contribution is 5.25. The van der Waals surface area contributed by atoms with Gasteiger partial charge in [0.1, 0.15) is 0 Å². The second-order valence-corrected chi connectivity index (χ2v) is 4.51. The van der Waals surface area contributed by atoms with Crippen LogP contribution in [0.25, 0.3) is 0 Å². The number of aliphatic hydroxyl groups excluding tert-OH is 1. The molecule has 1 heterocycles. The van der Waals surface area contributed by atoms with Crippen LogP contribution in [0.3, 0.4) is 0 Å². The topological polar surface area (TPSA) is 38.0 Å². The summed E-state index contributed by atoms with van der Waals surface area (Å²) in [6.07, 6.45) is 3.93. The molecule has 1 N–H and O–H groups in total. The molecule has 84 valence electrons. The Morgan fingerprint density at radius 3 is 2.60 bits per heavy atom. The highest BCUT2D eigenvalue weighted by atomic mass is 16.3. The van der Waals surface area contributed by atoms with E-state index in [-0.39, 0.29) is 12.1 Å². The van der Waals surface area contributed by atoms with Crippen LogP contribution in [0.1, 0.15) is 49.2 Å². The third kappa shape index (κ3) is 1.69. The van der Waals surface area contributed by atoms with E-state index in [2.05, 4.69) is 25.9 Å². The van der Waals surface area contributed by atoms with Crippen molar-refractivity contribution in [3.8, 4) is 0 Å². The fraction of sp³-hybridized carbons (Fsp3) is 0.750. The van der Waals surface area contributed by atoms with Crippen molar-refractivity contribution >= 4 is 0 Å². The van der Waals surface area contributed by atoms with Crippen LogP contribution in [-0.2, 0) is 6.42 Å². The minimum atomic E-state index is -0.201. The maximum Gasteiger partial charge on any atom is 0.0781 e. The molecule has 3 heteroatoms. The Morgan fingerprint density at radius 1 is 1.40 bits per heavy atom. The Hall–Kier alpha value is -0.830. The summed E-state index contributed by atoms with van der Waals surface area (Å²) >= 11 is 0. The van der Waals surface area contributed by atoms with Crippen molar-refractivity contribution in [2.75, 3.05) is 0 Å². The molecule has 0 aromatic carbocycles. The number of nitrogens with zero attached hydrogens (tertiary/aromatic N) is 2. The van der Waals surface area contributed by atoms with Crippen LogP contribution in [0.2, 0.25) is 0 Å². The third-order valence-corrected chi connectivity index (χ3v) is 3.59. The molecule has 1 saturated carbocycles. The Morgan fingerprint density at radius 2 is 2.13 bits per heavy atom. The average Bonchev–Trinajstić information content (AvgIpc) is 2.71. The van der Waals surface area contributed by atoms with E-state index in [0.29, 0.717) is 0 Å². The number of aliphatic hydroxyl groups is 1. The quantitative estimate of drug-likeness (QED) is 0.808. The van der Waals surface area contributed by atoms with Gasteiger partial charge in [0.05, 0.1) is 17.8 Å². The highest BCUT2D eigenvalue weighted by Crippen LogP contribution is 2.31. The molecule has 0 bridgehead atoms. The van der Waals surface area contributed by atoms with Crippen LogP contribution in [-0.4, -0.2) is 21.0 Å². The lowest BCUT2D eigenvalue weighted by Crippen LogP contribution is -2.20. The van der Waals surface area contributed by atoms with Crippen LogP contribution in [0, 0.1) is 13.8 Å². The van der Waals surface area contributed by atoms with Crippen molar-refractivity contribution in [2.24, 2.45) is 0 Å². The van der Waals surface area contributed by atoms with E-state index < -0.39 is 0 Å². The molecule has 15 heavy (non-hydrogen) atoms. The molecule has 0 unspecified atom stereocenters. The van der Waals surface area contributed by atoms with E-state index in [4.69, 9.17) is 0 Å². The smallest absolute Gasteiger partial charge is 0.0781 e. The molecule has 2 rings (SSSR count). The van der Waals surface area contributed by atoms with E-state index in [1.165, 1.54) is 11.3 Å². The molecule has 0 spiro atoms. The standard InChI is InChI=1S/C12H20N2O/c1-4-10-8(2)13-14(9(10)3)11-6-5-7-12(11)15/h11-12,15H,4-7H2,1-3H3/t11-,12-/m0/s1. The molecule has 0 aliphatic heterocycles. The lowest BCUT2D eigenvalue weighted by atomic mass is 10.1. The van der Waals surface area contributed by atoms with E-state index in [1.807, 2.05) is 4.68 Å². The predicted molar refractivity (Wildman–Crippen MR) is 60.0 cm³/mol. The van der Waals surface area contributed by atoms with Gasteiger partial charge in [-0.1, -0.05) is 6.92 Å². The molecule has 0 radical (unpaired) electrons. The fourth-order valence-corrected chi connectivity index (χ4v) is 2.74. The lowest BCUT2D eigenvalue weighted by molar-refractivity contribution is 0.129. The Balaban J connectivity index is 2.36. The second-order valence-electron chi connectivity index (χ2n) is 4.51. The van der Waals surface area contributed by atoms with E-state index in [9.17, 15) is 5.11 Å². The van der Waals surface area contributed by atoms with Gasteiger partial charge in [0.15, 0.2) is 0 Å². The minimum Gasteiger partial charge on any atom is -0.391 e. The van der Waals surface area contributed by atoms with Gasteiger partial charge >= 0.3 is 0 Å². The van der Waals surface area contributed by atoms with Gasteiger partial charge in [0.2, 0.25) is 0 Å². The molecule has 1 fully saturated rings. The van der Waals surface area contributed by atoms with Gasteiger partial charge in [-0.05, 0) is 45.1 Å². The number of hydrogen-bond acceptors (Lipinski definition) is 2. The zero-order chi connectivity index (χ0) is 11.0. The third-order valence-electron chi connectivity index (χ3n) is 3.59. The van der Waals surface area contributed by atoms with Crippen molar-refractivity contribution in [1.82, 2.24) is 9.78 Å². The number of rotatable bonds is 2. The van der Waals surface area contributed by atoms with E-state index >= 15 is 0 Å². The van der Waals surface area contributed by atoms with Gasteiger partial charge in [0.25, 0.3) is 0 Å². The van der Waals surface area contributed by atoms with Crippen molar-refractivity contribution in [2.45, 2.75) is 58.6 Å². The molecule has 1 aromatic rings. The number of aromatic nitrogens is 2. The molecule has 1 aromatic heterocycles. The van der Waals surface area contributed by atoms with Gasteiger partial charge in [-0.15, -0.1) is 0 Å². The van der Waals surface area contributed by atoms with Gasteiger partial charge in [-0.2, -0.15) is 5.10 Å².